The molecule has 2 unspecified atom stereocenters. The van der Waals surface area contributed by atoms with Crippen LogP contribution in [0.25, 0.3) is 0 Å². The molecule has 0 spiro atoms. The molecule has 0 radical (unpaired) electrons. The number of hydrogen-bond acceptors (Lipinski definition) is 2. The molecule has 0 saturated heterocycles. The van der Waals surface area contributed by atoms with E-state index >= 15 is 0 Å². The standard InChI is InChI=1S/C11H16F3NS/c1-3-9(10-5-4-6-16-10)15-8(2)7-11(12,13)14/h4-6,8-9,15H,3,7H2,1-2H3. The predicted molar refractivity (Wildman–Crippen MR) is 60.6 cm³/mol. The van der Waals surface area contributed by atoms with Crippen LogP contribution >= 0.6 is 11.3 Å². The molecule has 0 aliphatic carbocycles. The highest BCUT2D eigenvalue weighted by Crippen LogP contribution is 2.26. The molecular formula is C11H16F3NS. The van der Waals surface area contributed by atoms with E-state index in [0.29, 0.717) is 0 Å². The van der Waals surface area contributed by atoms with E-state index in [1.54, 1.807) is 18.3 Å². The summed E-state index contributed by atoms with van der Waals surface area (Å²) in [4.78, 5) is 1.09. The zero-order valence-electron chi connectivity index (χ0n) is 9.34. The molecule has 0 aromatic carbocycles. The lowest BCUT2D eigenvalue weighted by Crippen LogP contribution is -2.33. The Morgan fingerprint density at radius 1 is 1.44 bits per heavy atom. The lowest BCUT2D eigenvalue weighted by molar-refractivity contribution is -0.139. The molecule has 5 heteroatoms. The molecule has 0 bridgehead atoms. The van der Waals surface area contributed by atoms with Crippen LogP contribution < -0.4 is 5.32 Å². The average molecular weight is 251 g/mol. The van der Waals surface area contributed by atoms with Gasteiger partial charge in [-0.2, -0.15) is 13.2 Å². The van der Waals surface area contributed by atoms with Crippen molar-refractivity contribution < 1.29 is 13.2 Å². The van der Waals surface area contributed by atoms with Crippen molar-refractivity contribution in [2.75, 3.05) is 0 Å². The molecule has 92 valence electrons. The summed E-state index contributed by atoms with van der Waals surface area (Å²) in [5.41, 5.74) is 0. The molecule has 1 heterocycles. The van der Waals surface area contributed by atoms with Crippen molar-refractivity contribution in [1.82, 2.24) is 5.32 Å². The number of thiophene rings is 1. The molecule has 1 N–H and O–H groups in total. The van der Waals surface area contributed by atoms with E-state index in [2.05, 4.69) is 5.32 Å². The second-order valence-corrected chi connectivity index (χ2v) is 4.84. The normalized spacial score (nSPS) is 16.1. The van der Waals surface area contributed by atoms with Gasteiger partial charge in [-0.05, 0) is 24.8 Å². The van der Waals surface area contributed by atoms with Gasteiger partial charge in [0.15, 0.2) is 0 Å². The number of alkyl halides is 3. The van der Waals surface area contributed by atoms with Crippen LogP contribution in [-0.2, 0) is 0 Å². The SMILES string of the molecule is CCC(NC(C)CC(F)(F)F)c1cccs1. The van der Waals surface area contributed by atoms with Gasteiger partial charge in [0, 0.05) is 17.0 Å². The van der Waals surface area contributed by atoms with Crippen LogP contribution in [0, 0.1) is 0 Å². The first-order valence-electron chi connectivity index (χ1n) is 5.28. The Kier molecular flexibility index (Phi) is 4.80. The summed E-state index contributed by atoms with van der Waals surface area (Å²) in [6, 6.07) is 3.34. The Morgan fingerprint density at radius 3 is 2.56 bits per heavy atom. The van der Waals surface area contributed by atoms with Gasteiger partial charge in [-0.1, -0.05) is 13.0 Å². The van der Waals surface area contributed by atoms with Crippen molar-refractivity contribution in [2.24, 2.45) is 0 Å². The largest absolute Gasteiger partial charge is 0.390 e. The van der Waals surface area contributed by atoms with E-state index in [-0.39, 0.29) is 6.04 Å². The topological polar surface area (TPSA) is 12.0 Å². The van der Waals surface area contributed by atoms with Crippen LogP contribution in [0.3, 0.4) is 0 Å². The summed E-state index contributed by atoms with van der Waals surface area (Å²) in [6.45, 7) is 3.54. The maximum atomic E-state index is 12.2. The van der Waals surface area contributed by atoms with Crippen molar-refractivity contribution in [1.29, 1.82) is 0 Å². The van der Waals surface area contributed by atoms with Gasteiger partial charge in [-0.3, -0.25) is 0 Å². The van der Waals surface area contributed by atoms with Crippen molar-refractivity contribution >= 4 is 11.3 Å². The maximum absolute atomic E-state index is 12.2. The van der Waals surface area contributed by atoms with E-state index in [1.807, 2.05) is 24.4 Å². The minimum absolute atomic E-state index is 0.0253. The summed E-state index contributed by atoms with van der Waals surface area (Å²) in [6.07, 6.45) is -4.09. The molecule has 0 saturated carbocycles. The smallest absolute Gasteiger partial charge is 0.306 e. The first-order chi connectivity index (χ1) is 7.42. The van der Waals surface area contributed by atoms with Gasteiger partial charge < -0.3 is 5.32 Å². The Balaban J connectivity index is 2.51. The molecule has 0 aliphatic rings. The lowest BCUT2D eigenvalue weighted by Gasteiger charge is -2.22. The fourth-order valence-electron chi connectivity index (χ4n) is 1.64. The summed E-state index contributed by atoms with van der Waals surface area (Å²) in [7, 11) is 0. The Bertz CT molecular complexity index is 295. The zero-order chi connectivity index (χ0) is 12.2. The fraction of sp³-hybridized carbons (Fsp3) is 0.636. The van der Waals surface area contributed by atoms with Crippen LogP contribution in [0.15, 0.2) is 17.5 Å². The van der Waals surface area contributed by atoms with Crippen molar-refractivity contribution in [3.8, 4) is 0 Å². The highest BCUT2D eigenvalue weighted by Gasteiger charge is 2.30. The van der Waals surface area contributed by atoms with Crippen LogP contribution in [0.5, 0.6) is 0 Å². The van der Waals surface area contributed by atoms with Gasteiger partial charge in [-0.15, -0.1) is 11.3 Å². The van der Waals surface area contributed by atoms with Gasteiger partial charge in [0.25, 0.3) is 0 Å². The first-order valence-corrected chi connectivity index (χ1v) is 6.16. The minimum atomic E-state index is -4.10. The zero-order valence-corrected chi connectivity index (χ0v) is 10.2. The van der Waals surface area contributed by atoms with Gasteiger partial charge in [-0.25, -0.2) is 0 Å². The first kappa shape index (κ1) is 13.5. The molecule has 2 atom stereocenters. The average Bonchev–Trinajstić information content (AvgIpc) is 2.63. The third-order valence-corrected chi connectivity index (χ3v) is 3.30. The molecule has 0 aliphatic heterocycles. The van der Waals surface area contributed by atoms with Crippen LogP contribution in [0.4, 0.5) is 13.2 Å². The Morgan fingerprint density at radius 2 is 2.12 bits per heavy atom. The van der Waals surface area contributed by atoms with Crippen molar-refractivity contribution in [2.45, 2.75) is 44.9 Å². The predicted octanol–water partition coefficient (Wildman–Crippen LogP) is 4.13. The van der Waals surface area contributed by atoms with Crippen molar-refractivity contribution in [3.63, 3.8) is 0 Å². The molecule has 0 fully saturated rings. The van der Waals surface area contributed by atoms with Crippen LogP contribution in [0.2, 0.25) is 0 Å². The quantitative estimate of drug-likeness (QED) is 0.829. The number of hydrogen-bond donors (Lipinski definition) is 1. The third-order valence-electron chi connectivity index (χ3n) is 2.32. The van der Waals surface area contributed by atoms with E-state index in [1.165, 1.54) is 0 Å². The molecule has 1 aromatic rings. The van der Waals surface area contributed by atoms with Crippen molar-refractivity contribution in [3.05, 3.63) is 22.4 Å². The van der Waals surface area contributed by atoms with Crippen LogP contribution in [0.1, 0.15) is 37.6 Å². The molecule has 1 nitrogen and oxygen atoms in total. The second-order valence-electron chi connectivity index (χ2n) is 3.86. The van der Waals surface area contributed by atoms with E-state index in [4.69, 9.17) is 0 Å². The van der Waals surface area contributed by atoms with Crippen LogP contribution in [-0.4, -0.2) is 12.2 Å². The van der Waals surface area contributed by atoms with E-state index in [9.17, 15) is 13.2 Å². The molecule has 1 rings (SSSR count). The lowest BCUT2D eigenvalue weighted by atomic mass is 10.1. The molecule has 16 heavy (non-hydrogen) atoms. The summed E-state index contributed by atoms with van der Waals surface area (Å²) < 4.78 is 36.5. The minimum Gasteiger partial charge on any atom is -0.306 e. The number of nitrogens with one attached hydrogen (secondary N) is 1. The highest BCUT2D eigenvalue weighted by atomic mass is 32.1. The second kappa shape index (κ2) is 5.68. The van der Waals surface area contributed by atoms with E-state index in [0.717, 1.165) is 11.3 Å². The maximum Gasteiger partial charge on any atom is 0.390 e. The summed E-state index contributed by atoms with van der Waals surface area (Å²) in [5, 5.41) is 4.95. The Hall–Kier alpha value is -0.550. The highest BCUT2D eigenvalue weighted by molar-refractivity contribution is 7.10. The third kappa shape index (κ3) is 4.53. The van der Waals surface area contributed by atoms with Gasteiger partial charge >= 0.3 is 6.18 Å². The number of halogens is 3. The van der Waals surface area contributed by atoms with Gasteiger partial charge in [0.2, 0.25) is 0 Å². The monoisotopic (exact) mass is 251 g/mol. The van der Waals surface area contributed by atoms with Gasteiger partial charge in [0.1, 0.15) is 0 Å². The molecule has 1 aromatic heterocycles. The summed E-state index contributed by atoms with van der Waals surface area (Å²) >= 11 is 1.57. The Labute approximate surface area is 97.7 Å². The number of rotatable bonds is 5. The van der Waals surface area contributed by atoms with E-state index < -0.39 is 18.6 Å². The van der Waals surface area contributed by atoms with Gasteiger partial charge in [0.05, 0.1) is 6.42 Å². The molecule has 0 amide bonds. The summed E-state index contributed by atoms with van der Waals surface area (Å²) in [5.74, 6) is 0. The molecular weight excluding hydrogens is 235 g/mol. The fourth-order valence-corrected chi connectivity index (χ4v) is 2.51.